The number of aromatic nitrogens is 1. The smallest absolute Gasteiger partial charge is 0.227 e. The van der Waals surface area contributed by atoms with Crippen LogP contribution in [0.1, 0.15) is 17.0 Å². The van der Waals surface area contributed by atoms with Gasteiger partial charge in [-0.15, -0.1) is 0 Å². The van der Waals surface area contributed by atoms with Crippen molar-refractivity contribution in [3.63, 3.8) is 0 Å². The molecule has 3 aromatic rings. The van der Waals surface area contributed by atoms with Gasteiger partial charge in [0.05, 0.1) is 11.6 Å². The summed E-state index contributed by atoms with van der Waals surface area (Å²) in [4.78, 5) is 16.9. The number of pyridine rings is 1. The van der Waals surface area contributed by atoms with Crippen LogP contribution in [0.4, 0.5) is 5.69 Å². The van der Waals surface area contributed by atoms with Gasteiger partial charge in [0.2, 0.25) is 5.91 Å². The number of amides is 1. The van der Waals surface area contributed by atoms with Crippen LogP contribution in [0.5, 0.6) is 5.75 Å². The summed E-state index contributed by atoms with van der Waals surface area (Å²) < 4.78 is 0. The molecule has 1 amide bonds. The minimum absolute atomic E-state index is 0.0118. The van der Waals surface area contributed by atoms with E-state index in [4.69, 9.17) is 0 Å². The van der Waals surface area contributed by atoms with Crippen molar-refractivity contribution < 1.29 is 9.90 Å². The summed E-state index contributed by atoms with van der Waals surface area (Å²) in [5, 5.41) is 15.7. The lowest BCUT2D eigenvalue weighted by atomic mass is 9.91. The first kappa shape index (κ1) is 18.5. The third-order valence-electron chi connectivity index (χ3n) is 4.31. The zero-order chi connectivity index (χ0) is 18.9. The van der Waals surface area contributed by atoms with Crippen molar-refractivity contribution in [1.82, 2.24) is 10.3 Å². The molecule has 138 valence electrons. The molecule has 5 nitrogen and oxygen atoms in total. The number of hydrogen-bond donors (Lipinski definition) is 3. The predicted molar refractivity (Wildman–Crippen MR) is 107 cm³/mol. The number of carbonyl (C=O) groups is 1. The Morgan fingerprint density at radius 1 is 0.963 bits per heavy atom. The normalized spacial score (nSPS) is 11.6. The van der Waals surface area contributed by atoms with E-state index in [9.17, 15) is 9.90 Å². The van der Waals surface area contributed by atoms with Crippen molar-refractivity contribution in [1.29, 1.82) is 0 Å². The van der Waals surface area contributed by atoms with Gasteiger partial charge in [-0.25, -0.2) is 0 Å². The number of benzene rings is 2. The van der Waals surface area contributed by atoms with Crippen molar-refractivity contribution in [2.75, 3.05) is 18.4 Å². The molecular formula is C22H23N3O2. The Hall–Kier alpha value is -3.34. The second-order valence-corrected chi connectivity index (χ2v) is 6.29. The number of hydrogen-bond acceptors (Lipinski definition) is 4. The lowest BCUT2D eigenvalue weighted by molar-refractivity contribution is -0.122. The van der Waals surface area contributed by atoms with Crippen molar-refractivity contribution in [2.24, 2.45) is 0 Å². The van der Waals surface area contributed by atoms with Crippen LogP contribution in [0.25, 0.3) is 0 Å². The molecule has 1 heterocycles. The number of phenolic OH excluding ortho intramolecular Hbond substituents is 1. The van der Waals surface area contributed by atoms with Gasteiger partial charge in [0.1, 0.15) is 5.75 Å². The third-order valence-corrected chi connectivity index (χ3v) is 4.31. The van der Waals surface area contributed by atoms with Crippen molar-refractivity contribution >= 4 is 11.6 Å². The minimum Gasteiger partial charge on any atom is -0.508 e. The molecule has 0 fully saturated rings. The SMILES string of the molecule is O=C(NCCNc1cccnc1)[C@H](Cc1ccc(O)cc1)c1ccccc1. The Bertz CT molecular complexity index is 836. The van der Waals surface area contributed by atoms with Gasteiger partial charge in [-0.05, 0) is 41.8 Å². The molecule has 27 heavy (non-hydrogen) atoms. The fourth-order valence-electron chi connectivity index (χ4n) is 2.90. The third kappa shape index (κ3) is 5.57. The monoisotopic (exact) mass is 361 g/mol. The highest BCUT2D eigenvalue weighted by molar-refractivity contribution is 5.84. The van der Waals surface area contributed by atoms with Gasteiger partial charge in [-0.1, -0.05) is 42.5 Å². The van der Waals surface area contributed by atoms with E-state index in [2.05, 4.69) is 15.6 Å². The maximum Gasteiger partial charge on any atom is 0.227 e. The van der Waals surface area contributed by atoms with Crippen molar-refractivity contribution in [2.45, 2.75) is 12.3 Å². The first-order valence-electron chi connectivity index (χ1n) is 8.97. The van der Waals surface area contributed by atoms with E-state index in [0.717, 1.165) is 16.8 Å². The van der Waals surface area contributed by atoms with E-state index in [0.29, 0.717) is 19.5 Å². The second kappa shape index (κ2) is 9.38. The summed E-state index contributed by atoms with van der Waals surface area (Å²) in [5.74, 6) is -0.0719. The van der Waals surface area contributed by atoms with Crippen LogP contribution in [-0.4, -0.2) is 29.1 Å². The molecule has 0 unspecified atom stereocenters. The van der Waals surface area contributed by atoms with E-state index in [1.807, 2.05) is 54.6 Å². The predicted octanol–water partition coefficient (Wildman–Crippen LogP) is 3.34. The van der Waals surface area contributed by atoms with Crippen molar-refractivity contribution in [3.05, 3.63) is 90.3 Å². The highest BCUT2D eigenvalue weighted by Crippen LogP contribution is 2.22. The van der Waals surface area contributed by atoms with E-state index >= 15 is 0 Å². The zero-order valence-corrected chi connectivity index (χ0v) is 15.0. The maximum atomic E-state index is 12.8. The maximum absolute atomic E-state index is 12.8. The van der Waals surface area contributed by atoms with Crippen LogP contribution in [0.15, 0.2) is 79.1 Å². The molecule has 1 aromatic heterocycles. The van der Waals surface area contributed by atoms with Gasteiger partial charge in [0.15, 0.2) is 0 Å². The second-order valence-electron chi connectivity index (χ2n) is 6.29. The van der Waals surface area contributed by atoms with Gasteiger partial charge < -0.3 is 15.7 Å². The summed E-state index contributed by atoms with van der Waals surface area (Å²) in [6.07, 6.45) is 4.05. The topological polar surface area (TPSA) is 74.2 Å². The fourth-order valence-corrected chi connectivity index (χ4v) is 2.90. The molecule has 0 spiro atoms. The summed E-state index contributed by atoms with van der Waals surface area (Å²) in [5.41, 5.74) is 2.91. The molecule has 0 bridgehead atoms. The van der Waals surface area contributed by atoms with Gasteiger partial charge in [0.25, 0.3) is 0 Å². The lowest BCUT2D eigenvalue weighted by Gasteiger charge is -2.18. The Morgan fingerprint density at radius 3 is 2.44 bits per heavy atom. The number of phenols is 1. The zero-order valence-electron chi connectivity index (χ0n) is 15.0. The molecule has 5 heteroatoms. The number of aromatic hydroxyl groups is 1. The largest absolute Gasteiger partial charge is 0.508 e. The molecule has 0 aliphatic carbocycles. The fraction of sp³-hybridized carbons (Fsp3) is 0.182. The molecule has 0 saturated carbocycles. The Morgan fingerprint density at radius 2 is 1.74 bits per heavy atom. The molecule has 3 rings (SSSR count). The first-order chi connectivity index (χ1) is 13.2. The molecule has 1 atom stereocenters. The Balaban J connectivity index is 1.61. The molecule has 2 aromatic carbocycles. The minimum atomic E-state index is -0.283. The van der Waals surface area contributed by atoms with Gasteiger partial charge in [-0.2, -0.15) is 0 Å². The summed E-state index contributed by atoms with van der Waals surface area (Å²) in [6, 6.07) is 20.6. The molecular weight excluding hydrogens is 338 g/mol. The average molecular weight is 361 g/mol. The Labute approximate surface area is 159 Å². The molecule has 0 aliphatic heterocycles. The number of nitrogens with zero attached hydrogens (tertiary/aromatic N) is 1. The summed E-state index contributed by atoms with van der Waals surface area (Å²) >= 11 is 0. The van der Waals surface area contributed by atoms with Gasteiger partial charge in [0, 0.05) is 25.5 Å². The van der Waals surface area contributed by atoms with Crippen LogP contribution in [0.3, 0.4) is 0 Å². The van der Waals surface area contributed by atoms with E-state index in [1.54, 1.807) is 24.5 Å². The number of rotatable bonds is 8. The molecule has 3 N–H and O–H groups in total. The van der Waals surface area contributed by atoms with Gasteiger partial charge in [-0.3, -0.25) is 9.78 Å². The van der Waals surface area contributed by atoms with Gasteiger partial charge >= 0.3 is 0 Å². The molecule has 0 aliphatic rings. The number of anilines is 1. The first-order valence-corrected chi connectivity index (χ1v) is 8.97. The lowest BCUT2D eigenvalue weighted by Crippen LogP contribution is -2.34. The summed E-state index contributed by atoms with van der Waals surface area (Å²) in [7, 11) is 0. The van der Waals surface area contributed by atoms with Crippen LogP contribution in [0.2, 0.25) is 0 Å². The van der Waals surface area contributed by atoms with E-state index in [-0.39, 0.29) is 17.6 Å². The van der Waals surface area contributed by atoms with Crippen LogP contribution in [-0.2, 0) is 11.2 Å². The highest BCUT2D eigenvalue weighted by Gasteiger charge is 2.20. The van der Waals surface area contributed by atoms with E-state index < -0.39 is 0 Å². The van der Waals surface area contributed by atoms with E-state index in [1.165, 1.54) is 0 Å². The highest BCUT2D eigenvalue weighted by atomic mass is 16.3. The van der Waals surface area contributed by atoms with Crippen molar-refractivity contribution in [3.8, 4) is 5.75 Å². The van der Waals surface area contributed by atoms with Crippen LogP contribution >= 0.6 is 0 Å². The van der Waals surface area contributed by atoms with Crippen LogP contribution < -0.4 is 10.6 Å². The molecule has 0 saturated heterocycles. The Kier molecular flexibility index (Phi) is 6.41. The average Bonchev–Trinajstić information content (AvgIpc) is 2.72. The van der Waals surface area contributed by atoms with Crippen LogP contribution in [0, 0.1) is 0 Å². The molecule has 0 radical (unpaired) electrons. The quantitative estimate of drug-likeness (QED) is 0.538. The number of carbonyl (C=O) groups excluding carboxylic acids is 1. The standard InChI is InChI=1S/C22H23N3O2/c26-20-10-8-17(9-11-20)15-21(18-5-2-1-3-6-18)22(27)25-14-13-24-19-7-4-12-23-16-19/h1-12,16,21,24,26H,13-15H2,(H,25,27)/t21-/m1/s1. The number of nitrogens with one attached hydrogen (secondary N) is 2. The summed E-state index contributed by atoms with van der Waals surface area (Å²) in [6.45, 7) is 1.14.